The lowest BCUT2D eigenvalue weighted by Gasteiger charge is -2.18. The first kappa shape index (κ1) is 17.3. The van der Waals surface area contributed by atoms with Crippen LogP contribution in [0.3, 0.4) is 0 Å². The van der Waals surface area contributed by atoms with E-state index in [2.05, 4.69) is 30.7 Å². The molecule has 9 heteroatoms. The first-order chi connectivity index (χ1) is 13.2. The summed E-state index contributed by atoms with van der Waals surface area (Å²) in [6, 6.07) is 7.25. The van der Waals surface area contributed by atoms with Crippen molar-refractivity contribution in [2.24, 2.45) is 0 Å². The van der Waals surface area contributed by atoms with Crippen molar-refractivity contribution in [2.45, 2.75) is 12.3 Å². The van der Waals surface area contributed by atoms with E-state index >= 15 is 0 Å². The third-order valence-corrected chi connectivity index (χ3v) is 4.70. The highest BCUT2D eigenvalue weighted by Crippen LogP contribution is 2.24. The third kappa shape index (κ3) is 3.87. The molecular formula is C18H21N7O2. The van der Waals surface area contributed by atoms with E-state index in [1.807, 2.05) is 6.07 Å². The summed E-state index contributed by atoms with van der Waals surface area (Å²) in [5.74, 6) is 1.04. The maximum Gasteiger partial charge on any atom is 0.253 e. The molecule has 0 aliphatic carbocycles. The van der Waals surface area contributed by atoms with Crippen LogP contribution in [-0.2, 0) is 4.74 Å². The summed E-state index contributed by atoms with van der Waals surface area (Å²) in [6.45, 7) is 2.63. The Bertz CT molecular complexity index is 936. The number of aromatic nitrogens is 5. The number of nitrogens with zero attached hydrogens (tertiary/aromatic N) is 5. The first-order valence-electron chi connectivity index (χ1n) is 8.90. The Balaban J connectivity index is 1.33. The predicted molar refractivity (Wildman–Crippen MR) is 99.5 cm³/mol. The first-order valence-corrected chi connectivity index (χ1v) is 8.90. The Morgan fingerprint density at radius 1 is 1.30 bits per heavy atom. The fourth-order valence-corrected chi connectivity index (χ4v) is 3.11. The van der Waals surface area contributed by atoms with Gasteiger partial charge in [-0.2, -0.15) is 15.4 Å². The maximum absolute atomic E-state index is 12.6. The van der Waals surface area contributed by atoms with Crippen LogP contribution < -0.4 is 5.32 Å². The Morgan fingerprint density at radius 2 is 2.19 bits per heavy atom. The van der Waals surface area contributed by atoms with E-state index in [1.54, 1.807) is 36.5 Å². The van der Waals surface area contributed by atoms with E-state index in [-0.39, 0.29) is 5.91 Å². The zero-order chi connectivity index (χ0) is 18.6. The number of hydrogen-bond acceptors (Lipinski definition) is 7. The highest BCUT2D eigenvalue weighted by atomic mass is 16.5. The van der Waals surface area contributed by atoms with Gasteiger partial charge in [0.2, 0.25) is 0 Å². The number of aromatic amines is 1. The van der Waals surface area contributed by atoms with Crippen molar-refractivity contribution < 1.29 is 9.53 Å². The molecule has 2 aromatic heterocycles. The molecule has 0 unspecified atom stereocenters. The molecule has 0 spiro atoms. The second kappa shape index (κ2) is 7.67. The number of carbonyl (C=O) groups is 1. The summed E-state index contributed by atoms with van der Waals surface area (Å²) >= 11 is 0. The molecule has 9 nitrogen and oxygen atoms in total. The van der Waals surface area contributed by atoms with E-state index in [1.165, 1.54) is 0 Å². The highest BCUT2D eigenvalue weighted by molar-refractivity contribution is 5.97. The molecule has 0 bridgehead atoms. The molecular weight excluding hydrogens is 346 g/mol. The van der Waals surface area contributed by atoms with Crippen molar-refractivity contribution >= 4 is 22.8 Å². The lowest BCUT2D eigenvalue weighted by atomic mass is 10.1. The number of carbonyl (C=O) groups excluding carboxylic acids is 1. The summed E-state index contributed by atoms with van der Waals surface area (Å²) in [7, 11) is 1.78. The van der Waals surface area contributed by atoms with Gasteiger partial charge in [-0.05, 0) is 24.6 Å². The molecule has 140 valence electrons. The Morgan fingerprint density at radius 3 is 3.04 bits per heavy atom. The van der Waals surface area contributed by atoms with Crippen LogP contribution in [-0.4, -0.2) is 69.5 Å². The quantitative estimate of drug-likeness (QED) is 0.678. The second-order valence-corrected chi connectivity index (χ2v) is 6.57. The third-order valence-electron chi connectivity index (χ3n) is 4.70. The topological polar surface area (TPSA) is 109 Å². The molecule has 1 aliphatic rings. The van der Waals surface area contributed by atoms with E-state index < -0.39 is 0 Å². The van der Waals surface area contributed by atoms with Crippen LogP contribution in [0.4, 0.5) is 5.82 Å². The van der Waals surface area contributed by atoms with Gasteiger partial charge in [-0.15, -0.1) is 0 Å². The molecule has 0 saturated carbocycles. The van der Waals surface area contributed by atoms with Crippen LogP contribution >= 0.6 is 0 Å². The Kier molecular flexibility index (Phi) is 4.93. The van der Waals surface area contributed by atoms with E-state index in [0.717, 1.165) is 30.1 Å². The summed E-state index contributed by atoms with van der Waals surface area (Å²) in [5.41, 5.74) is 3.00. The average Bonchev–Trinajstić information content (AvgIpc) is 3.38. The fraction of sp³-hybridized carbons (Fsp3) is 0.389. The highest BCUT2D eigenvalue weighted by Gasteiger charge is 2.19. The van der Waals surface area contributed by atoms with E-state index in [9.17, 15) is 4.79 Å². The molecule has 2 N–H and O–H groups in total. The molecule has 1 aromatic carbocycles. The number of anilines is 1. The summed E-state index contributed by atoms with van der Waals surface area (Å²) in [5, 5.41) is 13.8. The molecule has 4 rings (SSSR count). The largest absolute Gasteiger partial charge is 0.381 e. The van der Waals surface area contributed by atoms with Crippen molar-refractivity contribution in [2.75, 3.05) is 38.7 Å². The number of H-pyrrole nitrogens is 1. The van der Waals surface area contributed by atoms with Crippen molar-refractivity contribution in [3.63, 3.8) is 0 Å². The maximum atomic E-state index is 12.6. The van der Waals surface area contributed by atoms with Gasteiger partial charge in [0.1, 0.15) is 23.2 Å². The monoisotopic (exact) mass is 367 g/mol. The fourth-order valence-electron chi connectivity index (χ4n) is 3.11. The minimum atomic E-state index is -0.0619. The van der Waals surface area contributed by atoms with Gasteiger partial charge in [-0.25, -0.2) is 9.97 Å². The predicted octanol–water partition coefficient (Wildman–Crippen LogP) is 1.44. The van der Waals surface area contributed by atoms with Gasteiger partial charge in [0.25, 0.3) is 5.91 Å². The number of amides is 1. The summed E-state index contributed by atoms with van der Waals surface area (Å²) < 4.78 is 5.42. The molecule has 0 radical (unpaired) electrons. The van der Waals surface area contributed by atoms with Gasteiger partial charge in [-0.1, -0.05) is 0 Å². The van der Waals surface area contributed by atoms with Crippen molar-refractivity contribution in [1.82, 2.24) is 30.3 Å². The van der Waals surface area contributed by atoms with Crippen molar-refractivity contribution in [3.8, 4) is 0 Å². The number of benzene rings is 1. The van der Waals surface area contributed by atoms with Gasteiger partial charge >= 0.3 is 0 Å². The number of hydrogen-bond donors (Lipinski definition) is 2. The van der Waals surface area contributed by atoms with Crippen LogP contribution in [0.2, 0.25) is 0 Å². The van der Waals surface area contributed by atoms with E-state index in [0.29, 0.717) is 36.7 Å². The number of rotatable bonds is 6. The molecule has 1 atom stereocenters. The van der Waals surface area contributed by atoms with Gasteiger partial charge in [-0.3, -0.25) is 4.79 Å². The van der Waals surface area contributed by atoms with Gasteiger partial charge in [0.05, 0.1) is 12.3 Å². The average molecular weight is 367 g/mol. The minimum Gasteiger partial charge on any atom is -0.381 e. The normalized spacial score (nSPS) is 16.6. The number of fused-ring (bicyclic) bond motifs is 1. The SMILES string of the molecule is CN(CCNc1cc([C@@H]2CCOC2)ncn1)C(=O)c1ccc2n[nH]nc2c1. The van der Waals surface area contributed by atoms with E-state index in [4.69, 9.17) is 4.74 Å². The molecule has 1 aliphatic heterocycles. The number of ether oxygens (including phenoxy) is 1. The molecule has 3 aromatic rings. The van der Waals surface area contributed by atoms with Crippen molar-refractivity contribution in [3.05, 3.63) is 41.9 Å². The summed E-state index contributed by atoms with van der Waals surface area (Å²) in [6.07, 6.45) is 2.56. The van der Waals surface area contributed by atoms with Gasteiger partial charge < -0.3 is 15.0 Å². The standard InChI is InChI=1S/C18H21N7O2/c1-25(18(26)12-2-3-14-16(8-12)23-24-22-14)6-5-19-17-9-15(20-11-21-17)13-4-7-27-10-13/h2-3,8-9,11,13H,4-7,10H2,1H3,(H,19,20,21)(H,22,23,24)/t13-/m1/s1. The molecule has 1 amide bonds. The van der Waals surface area contributed by atoms with Gasteiger partial charge in [0, 0.05) is 44.3 Å². The van der Waals surface area contributed by atoms with Crippen LogP contribution in [0.1, 0.15) is 28.4 Å². The lowest BCUT2D eigenvalue weighted by Crippen LogP contribution is -2.31. The van der Waals surface area contributed by atoms with Crippen LogP contribution in [0.5, 0.6) is 0 Å². The van der Waals surface area contributed by atoms with Crippen molar-refractivity contribution in [1.29, 1.82) is 0 Å². The zero-order valence-corrected chi connectivity index (χ0v) is 15.1. The minimum absolute atomic E-state index is 0.0619. The van der Waals surface area contributed by atoms with Crippen LogP contribution in [0.15, 0.2) is 30.6 Å². The number of nitrogens with one attached hydrogen (secondary N) is 2. The lowest BCUT2D eigenvalue weighted by molar-refractivity contribution is 0.0800. The zero-order valence-electron chi connectivity index (χ0n) is 15.1. The molecule has 1 fully saturated rings. The summed E-state index contributed by atoms with van der Waals surface area (Å²) in [4.78, 5) is 22.8. The Hall–Kier alpha value is -3.07. The number of likely N-dealkylation sites (N-methyl/N-ethyl adjacent to an activating group) is 1. The molecule has 3 heterocycles. The van der Waals surface area contributed by atoms with Gasteiger partial charge in [0.15, 0.2) is 0 Å². The molecule has 1 saturated heterocycles. The Labute approximate surface area is 156 Å². The second-order valence-electron chi connectivity index (χ2n) is 6.57. The smallest absolute Gasteiger partial charge is 0.253 e. The van der Waals surface area contributed by atoms with Crippen LogP contribution in [0, 0.1) is 0 Å². The van der Waals surface area contributed by atoms with Crippen LogP contribution in [0.25, 0.3) is 11.0 Å². The molecule has 27 heavy (non-hydrogen) atoms.